The van der Waals surface area contributed by atoms with Crippen molar-refractivity contribution in [3.05, 3.63) is 0 Å². The molecule has 0 aromatic rings. The number of alkyl carbamates (subject to hydrolysis) is 1. The van der Waals surface area contributed by atoms with Crippen LogP contribution in [0.1, 0.15) is 47.5 Å². The highest BCUT2D eigenvalue weighted by molar-refractivity contribution is 6.04. The van der Waals surface area contributed by atoms with Crippen LogP contribution < -0.4 is 10.6 Å². The molecule has 0 bridgehead atoms. The van der Waals surface area contributed by atoms with Crippen LogP contribution >= 0.6 is 0 Å². The maximum absolute atomic E-state index is 12.1. The Bertz CT molecular complexity index is 427. The van der Waals surface area contributed by atoms with Crippen LogP contribution in [0.2, 0.25) is 0 Å². The second kappa shape index (κ2) is 8.35. The van der Waals surface area contributed by atoms with Crippen LogP contribution in [0.5, 0.6) is 0 Å². The molecule has 2 amide bonds. The first-order valence-corrected chi connectivity index (χ1v) is 7.01. The molecule has 2 atom stereocenters. The molecule has 0 aliphatic carbocycles. The standard InChI is InChI=1S/C14H24N2O6/c1-6-7-9(15-13(21)22-14(3,4)5)11(18)16-10(8(2)17)12(19)20/h9-10H,6-7H2,1-5H3,(H,15,21)(H,16,18)(H,19,20)/t9-,10-/m0/s1. The first-order valence-electron chi connectivity index (χ1n) is 7.01. The molecule has 0 fully saturated rings. The number of carboxylic acids is 1. The van der Waals surface area contributed by atoms with Crippen LogP contribution in [0.25, 0.3) is 0 Å². The summed E-state index contributed by atoms with van der Waals surface area (Å²) in [4.78, 5) is 45.9. The average molecular weight is 316 g/mol. The van der Waals surface area contributed by atoms with Crippen LogP contribution in [-0.2, 0) is 19.1 Å². The zero-order chi connectivity index (χ0) is 17.5. The van der Waals surface area contributed by atoms with Crippen molar-refractivity contribution >= 4 is 23.8 Å². The monoisotopic (exact) mass is 316 g/mol. The molecule has 0 spiro atoms. The molecule has 0 aromatic carbocycles. The summed E-state index contributed by atoms with van der Waals surface area (Å²) in [5, 5.41) is 13.4. The smallest absolute Gasteiger partial charge is 0.408 e. The number of nitrogens with one attached hydrogen (secondary N) is 2. The molecule has 0 unspecified atom stereocenters. The zero-order valence-corrected chi connectivity index (χ0v) is 13.6. The quantitative estimate of drug-likeness (QED) is 0.598. The van der Waals surface area contributed by atoms with Crippen LogP contribution in [0.4, 0.5) is 4.79 Å². The number of carbonyl (C=O) groups excluding carboxylic acids is 3. The Kier molecular flexibility index (Phi) is 7.55. The van der Waals surface area contributed by atoms with Gasteiger partial charge in [0.15, 0.2) is 11.8 Å². The molecule has 3 N–H and O–H groups in total. The Morgan fingerprint density at radius 2 is 1.68 bits per heavy atom. The Labute approximate surface area is 129 Å². The normalized spacial score (nSPS) is 13.7. The fraction of sp³-hybridized carbons (Fsp3) is 0.714. The molecule has 0 aromatic heterocycles. The fourth-order valence-electron chi connectivity index (χ4n) is 1.59. The fourth-order valence-corrected chi connectivity index (χ4v) is 1.59. The van der Waals surface area contributed by atoms with E-state index in [9.17, 15) is 19.2 Å². The topological polar surface area (TPSA) is 122 Å². The van der Waals surface area contributed by atoms with Gasteiger partial charge in [-0.1, -0.05) is 13.3 Å². The van der Waals surface area contributed by atoms with E-state index in [-0.39, 0.29) is 6.42 Å². The number of carboxylic acid groups (broad SMARTS) is 1. The molecule has 0 aliphatic rings. The second-order valence-corrected chi connectivity index (χ2v) is 5.88. The molecule has 8 nitrogen and oxygen atoms in total. The number of ketones is 1. The van der Waals surface area contributed by atoms with Gasteiger partial charge in [-0.05, 0) is 34.1 Å². The lowest BCUT2D eigenvalue weighted by molar-refractivity contribution is -0.145. The van der Waals surface area contributed by atoms with Crippen molar-refractivity contribution in [3.8, 4) is 0 Å². The lowest BCUT2D eigenvalue weighted by Crippen LogP contribution is -2.54. The molecular weight excluding hydrogens is 292 g/mol. The Morgan fingerprint density at radius 1 is 1.14 bits per heavy atom. The van der Waals surface area contributed by atoms with E-state index >= 15 is 0 Å². The van der Waals surface area contributed by atoms with Crippen molar-refractivity contribution in [2.24, 2.45) is 0 Å². The van der Waals surface area contributed by atoms with Crippen molar-refractivity contribution in [3.63, 3.8) is 0 Å². The third kappa shape index (κ3) is 7.61. The van der Waals surface area contributed by atoms with E-state index in [0.29, 0.717) is 6.42 Å². The zero-order valence-electron chi connectivity index (χ0n) is 13.6. The highest BCUT2D eigenvalue weighted by Gasteiger charge is 2.29. The molecule has 0 rings (SSSR count). The van der Waals surface area contributed by atoms with Gasteiger partial charge in [-0.2, -0.15) is 0 Å². The summed E-state index contributed by atoms with van der Waals surface area (Å²) in [5.74, 6) is -2.89. The van der Waals surface area contributed by atoms with Crippen molar-refractivity contribution in [1.29, 1.82) is 0 Å². The summed E-state index contributed by atoms with van der Waals surface area (Å²) < 4.78 is 5.05. The Morgan fingerprint density at radius 3 is 2.05 bits per heavy atom. The van der Waals surface area contributed by atoms with Crippen molar-refractivity contribution in [2.75, 3.05) is 0 Å². The van der Waals surface area contributed by atoms with Crippen LogP contribution in [0.15, 0.2) is 0 Å². The lowest BCUT2D eigenvalue weighted by Gasteiger charge is -2.23. The van der Waals surface area contributed by atoms with E-state index in [1.54, 1.807) is 27.7 Å². The molecule has 8 heteroatoms. The lowest BCUT2D eigenvalue weighted by atomic mass is 10.1. The van der Waals surface area contributed by atoms with E-state index in [0.717, 1.165) is 6.92 Å². The predicted molar refractivity (Wildman–Crippen MR) is 78.3 cm³/mol. The second-order valence-electron chi connectivity index (χ2n) is 5.88. The van der Waals surface area contributed by atoms with Crippen LogP contribution in [0, 0.1) is 0 Å². The summed E-state index contributed by atoms with van der Waals surface area (Å²) in [6.45, 7) is 7.90. The molecule has 0 saturated carbocycles. The number of ether oxygens (including phenoxy) is 1. The van der Waals surface area contributed by atoms with E-state index in [1.807, 2.05) is 0 Å². The van der Waals surface area contributed by atoms with Crippen LogP contribution in [0.3, 0.4) is 0 Å². The summed E-state index contributed by atoms with van der Waals surface area (Å²) in [5.41, 5.74) is -0.722. The third-order valence-electron chi connectivity index (χ3n) is 2.52. The summed E-state index contributed by atoms with van der Waals surface area (Å²) in [6, 6.07) is -2.60. The van der Waals surface area contributed by atoms with Crippen molar-refractivity contribution < 1.29 is 29.0 Å². The molecule has 0 heterocycles. The third-order valence-corrected chi connectivity index (χ3v) is 2.52. The van der Waals surface area contributed by atoms with Gasteiger partial charge in [-0.3, -0.25) is 9.59 Å². The van der Waals surface area contributed by atoms with Gasteiger partial charge in [-0.15, -0.1) is 0 Å². The maximum atomic E-state index is 12.1. The maximum Gasteiger partial charge on any atom is 0.408 e. The molecule has 0 aliphatic heterocycles. The van der Waals surface area contributed by atoms with E-state index < -0.39 is 41.4 Å². The van der Waals surface area contributed by atoms with E-state index in [2.05, 4.69) is 10.6 Å². The highest BCUT2D eigenvalue weighted by atomic mass is 16.6. The number of amides is 2. The molecule has 0 saturated heterocycles. The number of carbonyl (C=O) groups is 4. The first kappa shape index (κ1) is 19.9. The number of Topliss-reactive ketones (excluding diaryl/α,β-unsaturated/α-hetero) is 1. The highest BCUT2D eigenvalue weighted by Crippen LogP contribution is 2.08. The van der Waals surface area contributed by atoms with E-state index in [4.69, 9.17) is 9.84 Å². The molecular formula is C14H24N2O6. The predicted octanol–water partition coefficient (Wildman–Crippen LogP) is 0.838. The number of rotatable bonds is 7. The van der Waals surface area contributed by atoms with Gasteiger partial charge in [0.25, 0.3) is 0 Å². The number of aliphatic carboxylic acids is 1. The molecule has 22 heavy (non-hydrogen) atoms. The van der Waals surface area contributed by atoms with Gasteiger partial charge in [0.2, 0.25) is 5.91 Å². The van der Waals surface area contributed by atoms with Gasteiger partial charge >= 0.3 is 12.1 Å². The first-order chi connectivity index (χ1) is 9.97. The summed E-state index contributed by atoms with van der Waals surface area (Å²) in [7, 11) is 0. The van der Waals surface area contributed by atoms with Gasteiger partial charge < -0.3 is 20.5 Å². The Balaban J connectivity index is 4.86. The minimum absolute atomic E-state index is 0.287. The van der Waals surface area contributed by atoms with Gasteiger partial charge in [0.1, 0.15) is 11.6 Å². The van der Waals surface area contributed by atoms with Gasteiger partial charge in [0, 0.05) is 0 Å². The minimum Gasteiger partial charge on any atom is -0.479 e. The Hall–Kier alpha value is -2.12. The largest absolute Gasteiger partial charge is 0.479 e. The average Bonchev–Trinajstić information content (AvgIpc) is 2.31. The molecule has 126 valence electrons. The molecule has 0 radical (unpaired) electrons. The number of hydrogen-bond acceptors (Lipinski definition) is 5. The SMILES string of the molecule is CCC[C@H](NC(=O)OC(C)(C)C)C(=O)N[C@@H](C(C)=O)C(=O)O. The summed E-state index contributed by atoms with van der Waals surface area (Å²) in [6.07, 6.45) is 0.0805. The van der Waals surface area contributed by atoms with Crippen molar-refractivity contribution in [2.45, 2.75) is 65.1 Å². The van der Waals surface area contributed by atoms with Gasteiger partial charge in [-0.25, -0.2) is 9.59 Å². The summed E-state index contributed by atoms with van der Waals surface area (Å²) >= 11 is 0. The van der Waals surface area contributed by atoms with E-state index in [1.165, 1.54) is 0 Å². The minimum atomic E-state index is -1.63. The number of hydrogen-bond donors (Lipinski definition) is 3. The van der Waals surface area contributed by atoms with Crippen molar-refractivity contribution in [1.82, 2.24) is 10.6 Å². The van der Waals surface area contributed by atoms with Crippen LogP contribution in [-0.4, -0.2) is 46.5 Å². The van der Waals surface area contributed by atoms with Gasteiger partial charge in [0.05, 0.1) is 0 Å².